The first-order valence-electron chi connectivity index (χ1n) is 7.12. The molecule has 0 bridgehead atoms. The van der Waals surface area contributed by atoms with Gasteiger partial charge in [-0.05, 0) is 43.2 Å². The zero-order valence-corrected chi connectivity index (χ0v) is 13.1. The van der Waals surface area contributed by atoms with Crippen LogP contribution in [0.15, 0.2) is 60.7 Å². The summed E-state index contributed by atoms with van der Waals surface area (Å²) in [5, 5.41) is 0.782. The lowest BCUT2D eigenvalue weighted by atomic mass is 10.1. The second kappa shape index (κ2) is 5.79. The van der Waals surface area contributed by atoms with Crippen LogP contribution in [0, 0.1) is 13.8 Å². The zero-order valence-electron chi connectivity index (χ0n) is 12.3. The highest BCUT2D eigenvalue weighted by molar-refractivity contribution is 6.30. The molecule has 1 nitrogen and oxygen atoms in total. The third kappa shape index (κ3) is 2.88. The largest absolute Gasteiger partial charge is 0.344 e. The quantitative estimate of drug-likeness (QED) is 0.603. The van der Waals surface area contributed by atoms with Crippen molar-refractivity contribution in [1.29, 1.82) is 0 Å². The van der Waals surface area contributed by atoms with E-state index in [4.69, 9.17) is 11.6 Å². The van der Waals surface area contributed by atoms with Crippen molar-refractivity contribution >= 4 is 11.6 Å². The van der Waals surface area contributed by atoms with Gasteiger partial charge in [0.2, 0.25) is 0 Å². The first kappa shape index (κ1) is 14.0. The van der Waals surface area contributed by atoms with Crippen LogP contribution in [-0.2, 0) is 6.54 Å². The van der Waals surface area contributed by atoms with Gasteiger partial charge < -0.3 is 4.57 Å². The predicted octanol–water partition coefficient (Wildman–Crippen LogP) is 5.47. The number of hydrogen-bond acceptors (Lipinski definition) is 0. The fourth-order valence-electron chi connectivity index (χ4n) is 2.73. The van der Waals surface area contributed by atoms with E-state index in [0.717, 1.165) is 11.6 Å². The normalized spacial score (nSPS) is 10.8. The monoisotopic (exact) mass is 295 g/mol. The minimum atomic E-state index is 0.782. The minimum Gasteiger partial charge on any atom is -0.344 e. The van der Waals surface area contributed by atoms with E-state index in [-0.39, 0.29) is 0 Å². The number of aromatic nitrogens is 1. The lowest BCUT2D eigenvalue weighted by molar-refractivity contribution is 0.750. The SMILES string of the molecule is Cc1cc(-c2ccccc2)c(C)n1Cc1ccc(Cl)cc1. The van der Waals surface area contributed by atoms with Crippen LogP contribution in [0.5, 0.6) is 0 Å². The molecule has 21 heavy (non-hydrogen) atoms. The molecule has 2 heteroatoms. The second-order valence-corrected chi connectivity index (χ2v) is 5.80. The molecule has 0 unspecified atom stereocenters. The summed E-state index contributed by atoms with van der Waals surface area (Å²) in [5.41, 5.74) is 6.42. The summed E-state index contributed by atoms with van der Waals surface area (Å²) in [6.07, 6.45) is 0. The fourth-order valence-corrected chi connectivity index (χ4v) is 2.85. The van der Waals surface area contributed by atoms with Crippen molar-refractivity contribution in [2.45, 2.75) is 20.4 Å². The topological polar surface area (TPSA) is 4.93 Å². The van der Waals surface area contributed by atoms with E-state index in [0.29, 0.717) is 0 Å². The molecule has 0 aliphatic carbocycles. The summed E-state index contributed by atoms with van der Waals surface area (Å²) >= 11 is 5.95. The molecule has 0 radical (unpaired) electrons. The van der Waals surface area contributed by atoms with Gasteiger partial charge in [0.25, 0.3) is 0 Å². The third-order valence-corrected chi connectivity index (χ3v) is 4.16. The molecule has 0 saturated carbocycles. The molecule has 0 aliphatic rings. The number of halogens is 1. The lowest BCUT2D eigenvalue weighted by Gasteiger charge is -2.10. The summed E-state index contributed by atoms with van der Waals surface area (Å²) in [6.45, 7) is 5.22. The fraction of sp³-hybridized carbons (Fsp3) is 0.158. The van der Waals surface area contributed by atoms with Gasteiger partial charge in [0.1, 0.15) is 0 Å². The van der Waals surface area contributed by atoms with Crippen LogP contribution in [0.2, 0.25) is 5.02 Å². The minimum absolute atomic E-state index is 0.782. The molecule has 0 fully saturated rings. The van der Waals surface area contributed by atoms with Crippen molar-refractivity contribution < 1.29 is 0 Å². The average Bonchev–Trinajstić information content (AvgIpc) is 2.78. The molecular formula is C19H18ClN. The Hall–Kier alpha value is -1.99. The molecule has 0 saturated heterocycles. The summed E-state index contributed by atoms with van der Waals surface area (Å²) < 4.78 is 2.35. The van der Waals surface area contributed by atoms with Crippen LogP contribution < -0.4 is 0 Å². The Morgan fingerprint density at radius 1 is 0.905 bits per heavy atom. The van der Waals surface area contributed by atoms with Crippen molar-refractivity contribution in [3.05, 3.63) is 82.6 Å². The van der Waals surface area contributed by atoms with Gasteiger partial charge in [-0.3, -0.25) is 0 Å². The molecule has 1 aromatic heterocycles. The average molecular weight is 296 g/mol. The smallest absolute Gasteiger partial charge is 0.0475 e. The van der Waals surface area contributed by atoms with E-state index in [9.17, 15) is 0 Å². The van der Waals surface area contributed by atoms with Crippen LogP contribution in [0.4, 0.5) is 0 Å². The van der Waals surface area contributed by atoms with Crippen LogP contribution in [0.1, 0.15) is 17.0 Å². The summed E-state index contributed by atoms with van der Waals surface area (Å²) in [5.74, 6) is 0. The Balaban J connectivity index is 1.97. The molecule has 1 heterocycles. The van der Waals surface area contributed by atoms with Crippen molar-refractivity contribution in [2.75, 3.05) is 0 Å². The van der Waals surface area contributed by atoms with Gasteiger partial charge in [0.15, 0.2) is 0 Å². The Morgan fingerprint density at radius 3 is 2.24 bits per heavy atom. The number of nitrogens with zero attached hydrogens (tertiary/aromatic N) is 1. The van der Waals surface area contributed by atoms with Crippen LogP contribution in [0.3, 0.4) is 0 Å². The predicted molar refractivity (Wildman–Crippen MR) is 89.9 cm³/mol. The summed E-state index contributed by atoms with van der Waals surface area (Å²) in [7, 11) is 0. The number of hydrogen-bond donors (Lipinski definition) is 0. The molecule has 0 N–H and O–H groups in total. The maximum Gasteiger partial charge on any atom is 0.0475 e. The van der Waals surface area contributed by atoms with Crippen molar-refractivity contribution in [3.63, 3.8) is 0 Å². The highest BCUT2D eigenvalue weighted by Crippen LogP contribution is 2.27. The molecule has 0 atom stereocenters. The van der Waals surface area contributed by atoms with E-state index < -0.39 is 0 Å². The van der Waals surface area contributed by atoms with E-state index in [1.165, 1.54) is 28.1 Å². The van der Waals surface area contributed by atoms with Gasteiger partial charge >= 0.3 is 0 Å². The summed E-state index contributed by atoms with van der Waals surface area (Å²) in [6, 6.07) is 20.9. The maximum atomic E-state index is 5.95. The molecule has 3 rings (SSSR count). The van der Waals surface area contributed by atoms with Gasteiger partial charge in [0, 0.05) is 28.5 Å². The molecule has 0 aliphatic heterocycles. The number of rotatable bonds is 3. The number of benzene rings is 2. The van der Waals surface area contributed by atoms with E-state index >= 15 is 0 Å². The van der Waals surface area contributed by atoms with Gasteiger partial charge in [-0.25, -0.2) is 0 Å². The molecule has 3 aromatic rings. The van der Waals surface area contributed by atoms with E-state index in [2.05, 4.69) is 66.9 Å². The van der Waals surface area contributed by atoms with Crippen molar-refractivity contribution in [1.82, 2.24) is 4.57 Å². The standard InChI is InChI=1S/C19H18ClN/c1-14-12-19(17-6-4-3-5-7-17)15(2)21(14)13-16-8-10-18(20)11-9-16/h3-12H,13H2,1-2H3. The molecule has 2 aromatic carbocycles. The van der Waals surface area contributed by atoms with E-state index in [1.807, 2.05) is 12.1 Å². The van der Waals surface area contributed by atoms with Crippen molar-refractivity contribution in [3.8, 4) is 11.1 Å². The molecule has 106 valence electrons. The van der Waals surface area contributed by atoms with Gasteiger partial charge in [-0.2, -0.15) is 0 Å². The summed E-state index contributed by atoms with van der Waals surface area (Å²) in [4.78, 5) is 0. The van der Waals surface area contributed by atoms with Crippen molar-refractivity contribution in [2.24, 2.45) is 0 Å². The maximum absolute atomic E-state index is 5.95. The first-order chi connectivity index (χ1) is 10.1. The highest BCUT2D eigenvalue weighted by atomic mass is 35.5. The second-order valence-electron chi connectivity index (χ2n) is 5.36. The van der Waals surface area contributed by atoms with Gasteiger partial charge in [0.05, 0.1) is 0 Å². The lowest BCUT2D eigenvalue weighted by Crippen LogP contribution is -2.03. The molecule has 0 amide bonds. The van der Waals surface area contributed by atoms with Crippen LogP contribution >= 0.6 is 11.6 Å². The Labute approximate surface area is 130 Å². The Bertz CT molecular complexity index is 739. The van der Waals surface area contributed by atoms with Gasteiger partial charge in [-0.15, -0.1) is 0 Å². The van der Waals surface area contributed by atoms with Crippen LogP contribution in [-0.4, -0.2) is 4.57 Å². The molecular weight excluding hydrogens is 278 g/mol. The van der Waals surface area contributed by atoms with E-state index in [1.54, 1.807) is 0 Å². The first-order valence-corrected chi connectivity index (χ1v) is 7.49. The Kier molecular flexibility index (Phi) is 3.85. The highest BCUT2D eigenvalue weighted by Gasteiger charge is 2.10. The Morgan fingerprint density at radius 2 is 1.57 bits per heavy atom. The van der Waals surface area contributed by atoms with Crippen LogP contribution in [0.25, 0.3) is 11.1 Å². The zero-order chi connectivity index (χ0) is 14.8. The number of aryl methyl sites for hydroxylation is 1. The third-order valence-electron chi connectivity index (χ3n) is 3.91. The van der Waals surface area contributed by atoms with Gasteiger partial charge in [-0.1, -0.05) is 54.1 Å². The molecule has 0 spiro atoms.